The number of carbonyl (C=O) groups is 1. The van der Waals surface area contributed by atoms with Crippen LogP contribution in [-0.2, 0) is 5.41 Å². The standard InChI is InChI=1S/C16H17ClN2O/c1-16(2,3)11-6-4-5-10(9-11)12-7-8-19-14(17)13(12)15(18)20/h4-9H,1-3H3,(H2,18,20). The molecule has 1 amide bonds. The largest absolute Gasteiger partial charge is 0.365 e. The molecule has 2 rings (SSSR count). The summed E-state index contributed by atoms with van der Waals surface area (Å²) in [6.07, 6.45) is 1.58. The van der Waals surface area contributed by atoms with Crippen LogP contribution in [0.4, 0.5) is 0 Å². The van der Waals surface area contributed by atoms with Crippen LogP contribution in [0.5, 0.6) is 0 Å². The molecule has 0 fully saturated rings. The van der Waals surface area contributed by atoms with Crippen molar-refractivity contribution < 1.29 is 4.79 Å². The first-order valence-electron chi connectivity index (χ1n) is 6.36. The predicted molar refractivity (Wildman–Crippen MR) is 81.9 cm³/mol. The van der Waals surface area contributed by atoms with E-state index in [1.165, 1.54) is 5.56 Å². The molecule has 4 heteroatoms. The van der Waals surface area contributed by atoms with Crippen molar-refractivity contribution in [3.63, 3.8) is 0 Å². The Hall–Kier alpha value is -1.87. The van der Waals surface area contributed by atoms with Gasteiger partial charge in [-0.15, -0.1) is 0 Å². The van der Waals surface area contributed by atoms with E-state index in [-0.39, 0.29) is 16.1 Å². The molecule has 2 N–H and O–H groups in total. The molecule has 0 bridgehead atoms. The quantitative estimate of drug-likeness (QED) is 0.855. The van der Waals surface area contributed by atoms with Crippen molar-refractivity contribution in [3.05, 3.63) is 52.8 Å². The van der Waals surface area contributed by atoms with E-state index < -0.39 is 5.91 Å². The Morgan fingerprint density at radius 2 is 1.95 bits per heavy atom. The first-order valence-corrected chi connectivity index (χ1v) is 6.73. The Morgan fingerprint density at radius 1 is 1.25 bits per heavy atom. The Labute approximate surface area is 123 Å². The smallest absolute Gasteiger partial charge is 0.252 e. The first kappa shape index (κ1) is 14.5. The number of aromatic nitrogens is 1. The molecule has 2 aromatic rings. The third-order valence-electron chi connectivity index (χ3n) is 3.19. The summed E-state index contributed by atoms with van der Waals surface area (Å²) < 4.78 is 0. The molecule has 1 heterocycles. The van der Waals surface area contributed by atoms with Crippen LogP contribution in [0.3, 0.4) is 0 Å². The van der Waals surface area contributed by atoms with Gasteiger partial charge in [-0.05, 0) is 28.2 Å². The molecule has 3 nitrogen and oxygen atoms in total. The summed E-state index contributed by atoms with van der Waals surface area (Å²) in [6, 6.07) is 9.78. The average molecular weight is 289 g/mol. The van der Waals surface area contributed by atoms with Crippen molar-refractivity contribution in [2.24, 2.45) is 5.73 Å². The molecule has 1 aromatic heterocycles. The molecular weight excluding hydrogens is 272 g/mol. The van der Waals surface area contributed by atoms with Crippen molar-refractivity contribution in [3.8, 4) is 11.1 Å². The van der Waals surface area contributed by atoms with Crippen molar-refractivity contribution in [2.45, 2.75) is 26.2 Å². The highest BCUT2D eigenvalue weighted by atomic mass is 35.5. The van der Waals surface area contributed by atoms with Crippen LogP contribution in [-0.4, -0.2) is 10.9 Å². The van der Waals surface area contributed by atoms with E-state index in [9.17, 15) is 4.79 Å². The normalized spacial score (nSPS) is 11.4. The minimum absolute atomic E-state index is 0.0275. The van der Waals surface area contributed by atoms with Gasteiger partial charge in [-0.25, -0.2) is 4.98 Å². The van der Waals surface area contributed by atoms with Crippen LogP contribution in [0.2, 0.25) is 5.15 Å². The molecule has 1 aromatic carbocycles. The molecule has 0 saturated carbocycles. The van der Waals surface area contributed by atoms with Crippen LogP contribution in [0, 0.1) is 0 Å². The van der Waals surface area contributed by atoms with E-state index in [1.807, 2.05) is 12.1 Å². The molecule has 104 valence electrons. The molecule has 0 spiro atoms. The molecule has 20 heavy (non-hydrogen) atoms. The van der Waals surface area contributed by atoms with Gasteiger partial charge >= 0.3 is 0 Å². The van der Waals surface area contributed by atoms with Gasteiger partial charge in [-0.2, -0.15) is 0 Å². The minimum atomic E-state index is -0.570. The zero-order chi connectivity index (χ0) is 14.9. The molecule has 0 aliphatic rings. The third-order valence-corrected chi connectivity index (χ3v) is 3.48. The second kappa shape index (κ2) is 5.25. The number of rotatable bonds is 2. The Balaban J connectivity index is 2.64. The predicted octanol–water partition coefficient (Wildman–Crippen LogP) is 3.80. The van der Waals surface area contributed by atoms with Gasteiger partial charge in [-0.1, -0.05) is 56.6 Å². The number of halogens is 1. The number of benzene rings is 1. The van der Waals surface area contributed by atoms with Crippen LogP contribution >= 0.6 is 11.6 Å². The molecule has 0 unspecified atom stereocenters. The second-order valence-electron chi connectivity index (χ2n) is 5.72. The lowest BCUT2D eigenvalue weighted by molar-refractivity contribution is 0.100. The zero-order valence-corrected chi connectivity index (χ0v) is 12.5. The van der Waals surface area contributed by atoms with Gasteiger partial charge in [0.25, 0.3) is 5.91 Å². The zero-order valence-electron chi connectivity index (χ0n) is 11.8. The van der Waals surface area contributed by atoms with E-state index in [1.54, 1.807) is 12.3 Å². The van der Waals surface area contributed by atoms with E-state index in [0.29, 0.717) is 5.56 Å². The molecular formula is C16H17ClN2O. The number of nitrogens with zero attached hydrogens (tertiary/aromatic N) is 1. The lowest BCUT2D eigenvalue weighted by atomic mass is 9.85. The van der Waals surface area contributed by atoms with Crippen molar-refractivity contribution in [2.75, 3.05) is 0 Å². The van der Waals surface area contributed by atoms with E-state index >= 15 is 0 Å². The summed E-state index contributed by atoms with van der Waals surface area (Å²) in [6.45, 7) is 6.42. The minimum Gasteiger partial charge on any atom is -0.365 e. The number of hydrogen-bond donors (Lipinski definition) is 1. The van der Waals surface area contributed by atoms with Crippen molar-refractivity contribution >= 4 is 17.5 Å². The molecule has 0 aliphatic heterocycles. The van der Waals surface area contributed by atoms with Gasteiger partial charge in [0.15, 0.2) is 0 Å². The summed E-state index contributed by atoms with van der Waals surface area (Å²) in [5.74, 6) is -0.570. The SMILES string of the molecule is CC(C)(C)c1cccc(-c2ccnc(Cl)c2C(N)=O)c1. The van der Waals surface area contributed by atoms with Gasteiger partial charge in [0.2, 0.25) is 0 Å². The summed E-state index contributed by atoms with van der Waals surface area (Å²) >= 11 is 5.99. The van der Waals surface area contributed by atoms with Crippen LogP contribution < -0.4 is 5.73 Å². The summed E-state index contributed by atoms with van der Waals surface area (Å²) in [5, 5.41) is 0.135. The second-order valence-corrected chi connectivity index (χ2v) is 6.08. The molecule has 0 saturated heterocycles. The van der Waals surface area contributed by atoms with Gasteiger partial charge < -0.3 is 5.73 Å². The van der Waals surface area contributed by atoms with Gasteiger partial charge in [0.1, 0.15) is 5.15 Å². The van der Waals surface area contributed by atoms with Gasteiger partial charge in [0.05, 0.1) is 5.56 Å². The Morgan fingerprint density at radius 3 is 2.55 bits per heavy atom. The lowest BCUT2D eigenvalue weighted by Crippen LogP contribution is -2.14. The Kier molecular flexibility index (Phi) is 3.82. The summed E-state index contributed by atoms with van der Waals surface area (Å²) in [4.78, 5) is 15.5. The van der Waals surface area contributed by atoms with E-state index in [2.05, 4.69) is 37.9 Å². The van der Waals surface area contributed by atoms with Crippen molar-refractivity contribution in [1.29, 1.82) is 0 Å². The highest BCUT2D eigenvalue weighted by molar-refractivity contribution is 6.33. The first-order chi connectivity index (χ1) is 9.30. The lowest BCUT2D eigenvalue weighted by Gasteiger charge is -2.20. The number of amides is 1. The third kappa shape index (κ3) is 2.83. The van der Waals surface area contributed by atoms with Crippen LogP contribution in [0.15, 0.2) is 36.5 Å². The van der Waals surface area contributed by atoms with Gasteiger partial charge in [0, 0.05) is 6.20 Å². The maximum absolute atomic E-state index is 11.6. The molecule has 0 aliphatic carbocycles. The monoisotopic (exact) mass is 288 g/mol. The molecule has 0 radical (unpaired) electrons. The van der Waals surface area contributed by atoms with E-state index in [0.717, 1.165) is 5.56 Å². The highest BCUT2D eigenvalue weighted by Gasteiger charge is 2.18. The van der Waals surface area contributed by atoms with Crippen LogP contribution in [0.1, 0.15) is 36.7 Å². The maximum Gasteiger partial charge on any atom is 0.252 e. The fraction of sp³-hybridized carbons (Fsp3) is 0.250. The molecule has 0 atom stereocenters. The average Bonchev–Trinajstić information content (AvgIpc) is 2.37. The fourth-order valence-electron chi connectivity index (χ4n) is 2.06. The Bertz CT molecular complexity index is 660. The summed E-state index contributed by atoms with van der Waals surface area (Å²) in [5.41, 5.74) is 8.51. The number of hydrogen-bond acceptors (Lipinski definition) is 2. The number of pyridine rings is 1. The van der Waals surface area contributed by atoms with E-state index in [4.69, 9.17) is 17.3 Å². The van der Waals surface area contributed by atoms with Crippen LogP contribution in [0.25, 0.3) is 11.1 Å². The fourth-order valence-corrected chi connectivity index (χ4v) is 2.32. The highest BCUT2D eigenvalue weighted by Crippen LogP contribution is 2.31. The number of carbonyl (C=O) groups excluding carboxylic acids is 1. The number of primary amides is 1. The van der Waals surface area contributed by atoms with Crippen molar-refractivity contribution in [1.82, 2.24) is 4.98 Å². The van der Waals surface area contributed by atoms with Gasteiger partial charge in [-0.3, -0.25) is 4.79 Å². The number of nitrogens with two attached hydrogens (primary N) is 1. The maximum atomic E-state index is 11.6. The topological polar surface area (TPSA) is 56.0 Å². The summed E-state index contributed by atoms with van der Waals surface area (Å²) in [7, 11) is 0.